The molecule has 1 aliphatic carbocycles. The highest BCUT2D eigenvalue weighted by molar-refractivity contribution is 7.92. The van der Waals surface area contributed by atoms with Gasteiger partial charge in [0.2, 0.25) is 5.91 Å². The third-order valence-corrected chi connectivity index (χ3v) is 7.51. The van der Waals surface area contributed by atoms with Crippen molar-refractivity contribution in [3.63, 3.8) is 0 Å². The highest BCUT2D eigenvalue weighted by Gasteiger charge is 2.66. The Morgan fingerprint density at radius 2 is 1.96 bits per heavy atom. The maximum absolute atomic E-state index is 12.5. The fraction of sp³-hybridized carbons (Fsp3) is 0.867. The van der Waals surface area contributed by atoms with Crippen molar-refractivity contribution in [2.24, 2.45) is 5.41 Å². The number of rotatable bonds is 5. The van der Waals surface area contributed by atoms with Gasteiger partial charge in [-0.05, 0) is 19.8 Å². The number of aliphatic carboxylic acids is 1. The van der Waals surface area contributed by atoms with Gasteiger partial charge in [0.05, 0.1) is 11.9 Å². The van der Waals surface area contributed by atoms with E-state index >= 15 is 0 Å². The Bertz CT molecular complexity index is 599. The first-order chi connectivity index (χ1) is 10.6. The third kappa shape index (κ3) is 2.87. The lowest BCUT2D eigenvalue weighted by Crippen LogP contribution is -2.77. The molecule has 2 N–H and O–H groups in total. The van der Waals surface area contributed by atoms with E-state index in [1.807, 2.05) is 6.92 Å². The van der Waals surface area contributed by atoms with E-state index in [0.717, 1.165) is 0 Å². The topological polar surface area (TPSA) is 110 Å². The number of carbonyl (C=O) groups is 2. The molecule has 0 spiro atoms. The Balaban J connectivity index is 2.21. The summed E-state index contributed by atoms with van der Waals surface area (Å²) in [5, 5.41) is 11.1. The van der Waals surface area contributed by atoms with Crippen LogP contribution in [0.4, 0.5) is 0 Å². The minimum absolute atomic E-state index is 0.0177. The van der Waals surface area contributed by atoms with Crippen molar-refractivity contribution in [3.8, 4) is 0 Å². The molecule has 8 heteroatoms. The summed E-state index contributed by atoms with van der Waals surface area (Å²) in [6.07, 6.45) is 1.31. The van der Waals surface area contributed by atoms with Crippen LogP contribution in [-0.2, 0) is 24.2 Å². The van der Waals surface area contributed by atoms with Crippen molar-refractivity contribution in [1.82, 2.24) is 5.32 Å². The van der Waals surface area contributed by atoms with Crippen LogP contribution in [0.1, 0.15) is 46.5 Å². The summed E-state index contributed by atoms with van der Waals surface area (Å²) in [5.41, 5.74) is -2.31. The molecule has 3 atom stereocenters. The maximum atomic E-state index is 12.5. The quantitative estimate of drug-likeness (QED) is 0.759. The lowest BCUT2D eigenvalue weighted by molar-refractivity contribution is -0.194. The number of sulfone groups is 1. The summed E-state index contributed by atoms with van der Waals surface area (Å²) in [4.78, 5) is 24.3. The van der Waals surface area contributed by atoms with Gasteiger partial charge in [-0.3, -0.25) is 4.79 Å². The number of hydrogen-bond donors (Lipinski definition) is 2. The van der Waals surface area contributed by atoms with Gasteiger partial charge in [0.1, 0.15) is 10.8 Å². The zero-order valence-corrected chi connectivity index (χ0v) is 14.6. The Morgan fingerprint density at radius 1 is 1.30 bits per heavy atom. The fourth-order valence-corrected chi connectivity index (χ4v) is 5.38. The Morgan fingerprint density at radius 3 is 2.43 bits per heavy atom. The molecule has 0 aromatic rings. The van der Waals surface area contributed by atoms with E-state index in [-0.39, 0.29) is 24.7 Å². The molecule has 0 aromatic carbocycles. The first-order valence-electron chi connectivity index (χ1n) is 7.97. The smallest absolute Gasteiger partial charge is 0.330 e. The number of carboxylic acid groups (broad SMARTS) is 1. The van der Waals surface area contributed by atoms with Gasteiger partial charge in [-0.2, -0.15) is 0 Å². The summed E-state index contributed by atoms with van der Waals surface area (Å²) in [7, 11) is -3.50. The number of ether oxygens (including phenoxy) is 1. The molecule has 2 rings (SSSR count). The van der Waals surface area contributed by atoms with E-state index in [9.17, 15) is 23.1 Å². The second-order valence-corrected chi connectivity index (χ2v) is 9.22. The molecule has 2 fully saturated rings. The van der Waals surface area contributed by atoms with Gasteiger partial charge in [0.25, 0.3) is 0 Å². The number of amides is 1. The molecule has 0 bridgehead atoms. The molecule has 2 aliphatic rings. The second-order valence-electron chi connectivity index (χ2n) is 6.92. The van der Waals surface area contributed by atoms with Crippen molar-refractivity contribution in [2.45, 2.75) is 63.3 Å². The van der Waals surface area contributed by atoms with Gasteiger partial charge in [-0.25, -0.2) is 13.2 Å². The molecule has 0 radical (unpaired) electrons. The Labute approximate surface area is 136 Å². The van der Waals surface area contributed by atoms with Crippen molar-refractivity contribution < 1.29 is 27.9 Å². The molecular formula is C15H25NO6S. The zero-order valence-electron chi connectivity index (χ0n) is 13.8. The molecule has 3 unspecified atom stereocenters. The highest BCUT2D eigenvalue weighted by atomic mass is 32.2. The molecular weight excluding hydrogens is 322 g/mol. The van der Waals surface area contributed by atoms with Crippen LogP contribution < -0.4 is 5.32 Å². The van der Waals surface area contributed by atoms with Crippen LogP contribution in [-0.4, -0.2) is 54.7 Å². The van der Waals surface area contributed by atoms with Gasteiger partial charge in [-0.15, -0.1) is 0 Å². The lowest BCUT2D eigenvalue weighted by atomic mass is 9.54. The third-order valence-electron chi connectivity index (χ3n) is 5.34. The predicted molar refractivity (Wildman–Crippen MR) is 83.7 cm³/mol. The second kappa shape index (κ2) is 6.05. The first-order valence-corrected chi connectivity index (χ1v) is 9.68. The molecule has 7 nitrogen and oxygen atoms in total. The van der Waals surface area contributed by atoms with Crippen molar-refractivity contribution >= 4 is 21.7 Å². The summed E-state index contributed by atoms with van der Waals surface area (Å²) >= 11 is 0. The van der Waals surface area contributed by atoms with Gasteiger partial charge in [0, 0.05) is 18.4 Å². The van der Waals surface area contributed by atoms with Crippen LogP contribution in [0.2, 0.25) is 0 Å². The summed E-state index contributed by atoms with van der Waals surface area (Å²) < 4.78 is 29.7. The number of nitrogens with one attached hydrogen (secondary N) is 1. The molecule has 23 heavy (non-hydrogen) atoms. The van der Waals surface area contributed by atoms with Crippen LogP contribution in [0.3, 0.4) is 0 Å². The molecule has 132 valence electrons. The summed E-state index contributed by atoms with van der Waals surface area (Å²) in [6, 6.07) is 0. The maximum Gasteiger partial charge on any atom is 0.330 e. The number of carboxylic acids is 1. The van der Waals surface area contributed by atoms with Crippen LogP contribution in [0.15, 0.2) is 0 Å². The SMILES string of the molecule is CCOC1CC(NC(=O)C2CCCCS2(=O)=O)(C(=O)O)C1(C)C. The lowest BCUT2D eigenvalue weighted by Gasteiger charge is -2.58. The Hall–Kier alpha value is -1.15. The summed E-state index contributed by atoms with van der Waals surface area (Å²) in [6.45, 7) is 5.72. The van der Waals surface area contributed by atoms with E-state index < -0.39 is 37.9 Å². The fourth-order valence-electron chi connectivity index (χ4n) is 3.58. The van der Waals surface area contributed by atoms with E-state index in [4.69, 9.17) is 4.74 Å². The van der Waals surface area contributed by atoms with Crippen molar-refractivity contribution in [3.05, 3.63) is 0 Å². The number of hydrogen-bond acceptors (Lipinski definition) is 5. The Kier molecular flexibility index (Phi) is 4.79. The van der Waals surface area contributed by atoms with Gasteiger partial charge < -0.3 is 15.2 Å². The van der Waals surface area contributed by atoms with Gasteiger partial charge in [0.15, 0.2) is 9.84 Å². The van der Waals surface area contributed by atoms with Gasteiger partial charge >= 0.3 is 5.97 Å². The standard InChI is InChI=1S/C15H25NO6S/c1-4-22-11-9-15(13(18)19,14(11,2)3)16-12(17)10-7-5-6-8-23(10,20)21/h10-11H,4-9H2,1-3H3,(H,16,17)(H,18,19). The highest BCUT2D eigenvalue weighted by Crippen LogP contribution is 2.51. The summed E-state index contributed by atoms with van der Waals surface area (Å²) in [5.74, 6) is -1.87. The van der Waals surface area contributed by atoms with Crippen LogP contribution in [0, 0.1) is 5.41 Å². The first kappa shape index (κ1) is 18.2. The van der Waals surface area contributed by atoms with E-state index in [0.29, 0.717) is 19.4 Å². The molecule has 1 saturated carbocycles. The van der Waals surface area contributed by atoms with E-state index in [1.54, 1.807) is 13.8 Å². The molecule has 0 aromatic heterocycles. The van der Waals surface area contributed by atoms with Crippen molar-refractivity contribution in [2.75, 3.05) is 12.4 Å². The zero-order chi connectivity index (χ0) is 17.5. The monoisotopic (exact) mass is 347 g/mol. The molecule has 1 heterocycles. The largest absolute Gasteiger partial charge is 0.479 e. The predicted octanol–water partition coefficient (Wildman–Crippen LogP) is 0.728. The molecule has 1 amide bonds. The minimum atomic E-state index is -3.50. The van der Waals surface area contributed by atoms with Crippen molar-refractivity contribution in [1.29, 1.82) is 0 Å². The average Bonchev–Trinajstić information content (AvgIpc) is 2.44. The minimum Gasteiger partial charge on any atom is -0.479 e. The van der Waals surface area contributed by atoms with E-state index in [1.165, 1.54) is 0 Å². The normalized spacial score (nSPS) is 35.1. The van der Waals surface area contributed by atoms with Crippen LogP contribution in [0.25, 0.3) is 0 Å². The molecule has 1 saturated heterocycles. The number of carbonyl (C=O) groups excluding carboxylic acids is 1. The molecule has 1 aliphatic heterocycles. The average molecular weight is 347 g/mol. The van der Waals surface area contributed by atoms with Gasteiger partial charge in [-0.1, -0.05) is 20.3 Å². The van der Waals surface area contributed by atoms with Crippen LogP contribution >= 0.6 is 0 Å². The van der Waals surface area contributed by atoms with E-state index in [2.05, 4.69) is 5.32 Å². The van der Waals surface area contributed by atoms with Crippen LogP contribution in [0.5, 0.6) is 0 Å².